The maximum Gasteiger partial charge on any atom is 0.161 e. The van der Waals surface area contributed by atoms with Gasteiger partial charge in [0.1, 0.15) is 0 Å². The zero-order chi connectivity index (χ0) is 12.1. The van der Waals surface area contributed by atoms with Crippen LogP contribution in [0, 0.1) is 17.3 Å². The van der Waals surface area contributed by atoms with Crippen LogP contribution in [-0.4, -0.2) is 11.8 Å². The average Bonchev–Trinajstić information content (AvgIpc) is 2.61. The van der Waals surface area contributed by atoms with Gasteiger partial charge in [-0.3, -0.25) is 4.79 Å². The molecule has 0 spiro atoms. The minimum absolute atomic E-state index is 0.363. The summed E-state index contributed by atoms with van der Waals surface area (Å²) < 4.78 is 0. The highest BCUT2D eigenvalue weighted by Crippen LogP contribution is 2.68. The highest BCUT2D eigenvalue weighted by Gasteiger charge is 2.65. The first kappa shape index (κ1) is 11.7. The lowest BCUT2D eigenvalue weighted by Gasteiger charge is -2.18. The van der Waals surface area contributed by atoms with Gasteiger partial charge in [-0.25, -0.2) is 0 Å². The van der Waals surface area contributed by atoms with Crippen LogP contribution in [0.4, 0.5) is 0 Å². The summed E-state index contributed by atoms with van der Waals surface area (Å²) in [6, 6.07) is 0.459. The second-order valence-electron chi connectivity index (χ2n) is 6.03. The molecule has 16 heavy (non-hydrogen) atoms. The van der Waals surface area contributed by atoms with Gasteiger partial charge in [-0.2, -0.15) is 0 Å². The standard InChI is InChI=1S/C14H23NO/c1-6-8(2)15-9(3)12-11(16)7-10-13(12)14(10,4)5/h8,10,13,15H,6-7H2,1-5H3/b12-9+/t8-,10-,13-/m1/s1. The van der Waals surface area contributed by atoms with Gasteiger partial charge in [0.25, 0.3) is 0 Å². The van der Waals surface area contributed by atoms with E-state index < -0.39 is 0 Å². The first-order valence-electron chi connectivity index (χ1n) is 6.40. The van der Waals surface area contributed by atoms with Gasteiger partial charge >= 0.3 is 0 Å². The molecule has 2 rings (SSSR count). The molecule has 2 aliphatic carbocycles. The molecule has 2 heteroatoms. The SMILES string of the molecule is CC[C@@H](C)N/C(C)=C1\C(=O)C[C@@H]2[C@H]1C2(C)C. The molecule has 2 nitrogen and oxygen atoms in total. The zero-order valence-electron chi connectivity index (χ0n) is 11.1. The Bertz CT molecular complexity index is 354. The number of nitrogens with one attached hydrogen (secondary N) is 1. The van der Waals surface area contributed by atoms with Crippen molar-refractivity contribution >= 4 is 5.78 Å². The zero-order valence-corrected chi connectivity index (χ0v) is 11.1. The van der Waals surface area contributed by atoms with Gasteiger partial charge in [-0.1, -0.05) is 20.8 Å². The van der Waals surface area contributed by atoms with Crippen LogP contribution in [0.3, 0.4) is 0 Å². The monoisotopic (exact) mass is 221 g/mol. The molecule has 0 aromatic heterocycles. The van der Waals surface area contributed by atoms with Gasteiger partial charge in [-0.05, 0) is 37.5 Å². The van der Waals surface area contributed by atoms with E-state index >= 15 is 0 Å². The van der Waals surface area contributed by atoms with Crippen molar-refractivity contribution in [1.29, 1.82) is 0 Å². The first-order chi connectivity index (χ1) is 7.39. The number of Topliss-reactive ketones (excluding diaryl/α,β-unsaturated/α-hetero) is 1. The van der Waals surface area contributed by atoms with E-state index in [1.165, 1.54) is 0 Å². The van der Waals surface area contributed by atoms with Crippen LogP contribution in [-0.2, 0) is 4.79 Å². The summed E-state index contributed by atoms with van der Waals surface area (Å²) in [5, 5.41) is 3.46. The Morgan fingerprint density at radius 1 is 1.56 bits per heavy atom. The van der Waals surface area contributed by atoms with Crippen LogP contribution in [0.15, 0.2) is 11.3 Å². The van der Waals surface area contributed by atoms with Gasteiger partial charge in [-0.15, -0.1) is 0 Å². The summed E-state index contributed by atoms with van der Waals surface area (Å²) in [5.41, 5.74) is 2.58. The molecule has 0 saturated heterocycles. The van der Waals surface area contributed by atoms with Gasteiger partial charge < -0.3 is 5.32 Å². The third-order valence-corrected chi connectivity index (χ3v) is 4.55. The van der Waals surface area contributed by atoms with E-state index in [1.54, 1.807) is 0 Å². The second kappa shape index (κ2) is 3.61. The van der Waals surface area contributed by atoms with Crippen molar-refractivity contribution in [2.75, 3.05) is 0 Å². The molecule has 3 atom stereocenters. The van der Waals surface area contributed by atoms with Crippen molar-refractivity contribution in [2.45, 2.75) is 53.5 Å². The smallest absolute Gasteiger partial charge is 0.161 e. The average molecular weight is 221 g/mol. The Hall–Kier alpha value is -0.790. The Morgan fingerprint density at radius 2 is 2.19 bits per heavy atom. The van der Waals surface area contributed by atoms with Crippen LogP contribution in [0.1, 0.15) is 47.5 Å². The molecular weight excluding hydrogens is 198 g/mol. The molecule has 0 unspecified atom stereocenters. The van der Waals surface area contributed by atoms with Crippen LogP contribution < -0.4 is 5.32 Å². The summed E-state index contributed by atoms with van der Waals surface area (Å²) in [5.74, 6) is 1.52. The molecular formula is C14H23NO. The Morgan fingerprint density at radius 3 is 2.69 bits per heavy atom. The fraction of sp³-hybridized carbons (Fsp3) is 0.786. The number of carbonyl (C=O) groups excluding carboxylic acids is 1. The van der Waals surface area contributed by atoms with E-state index in [9.17, 15) is 4.79 Å². The van der Waals surface area contributed by atoms with Crippen molar-refractivity contribution in [3.8, 4) is 0 Å². The molecule has 0 aromatic rings. The number of carbonyl (C=O) groups is 1. The summed E-state index contributed by atoms with van der Waals surface area (Å²) in [6.45, 7) is 11.0. The minimum atomic E-state index is 0.363. The second-order valence-corrected chi connectivity index (χ2v) is 6.03. The molecule has 0 amide bonds. The van der Waals surface area contributed by atoms with Crippen LogP contribution >= 0.6 is 0 Å². The number of ketones is 1. The van der Waals surface area contributed by atoms with Crippen LogP contribution in [0.25, 0.3) is 0 Å². The van der Waals surface area contributed by atoms with Crippen LogP contribution in [0.5, 0.6) is 0 Å². The first-order valence-corrected chi connectivity index (χ1v) is 6.40. The third-order valence-electron chi connectivity index (χ3n) is 4.55. The van der Waals surface area contributed by atoms with Gasteiger partial charge in [0.05, 0.1) is 0 Å². The fourth-order valence-corrected chi connectivity index (χ4v) is 3.17. The topological polar surface area (TPSA) is 29.1 Å². The predicted octanol–water partition coefficient (Wildman–Crippen LogP) is 2.89. The maximum atomic E-state index is 11.9. The molecule has 0 aromatic carbocycles. The molecule has 0 bridgehead atoms. The van der Waals surface area contributed by atoms with Crippen molar-refractivity contribution in [3.63, 3.8) is 0 Å². The fourth-order valence-electron chi connectivity index (χ4n) is 3.17. The molecule has 0 heterocycles. The predicted molar refractivity (Wildman–Crippen MR) is 66.0 cm³/mol. The molecule has 0 aliphatic heterocycles. The number of hydrogen-bond donors (Lipinski definition) is 1. The van der Waals surface area contributed by atoms with E-state index in [0.717, 1.165) is 24.1 Å². The quantitative estimate of drug-likeness (QED) is 0.742. The number of rotatable bonds is 3. The van der Waals surface area contributed by atoms with Crippen molar-refractivity contribution < 1.29 is 4.79 Å². The summed E-state index contributed by atoms with van der Waals surface area (Å²) in [6.07, 6.45) is 1.86. The molecule has 1 N–H and O–H groups in total. The molecule has 0 radical (unpaired) electrons. The molecule has 2 fully saturated rings. The minimum Gasteiger partial charge on any atom is -0.386 e. The van der Waals surface area contributed by atoms with Gasteiger partial charge in [0.15, 0.2) is 5.78 Å². The normalized spacial score (nSPS) is 35.7. The summed E-state index contributed by atoms with van der Waals surface area (Å²) in [4.78, 5) is 11.9. The van der Waals surface area contributed by atoms with E-state index in [4.69, 9.17) is 0 Å². The third kappa shape index (κ3) is 1.59. The Labute approximate surface area is 98.5 Å². The van der Waals surface area contributed by atoms with Crippen molar-refractivity contribution in [1.82, 2.24) is 5.32 Å². The number of fused-ring (bicyclic) bond motifs is 1. The Balaban J connectivity index is 2.19. The maximum absolute atomic E-state index is 11.9. The molecule has 2 saturated carbocycles. The van der Waals surface area contributed by atoms with E-state index in [2.05, 4.69) is 39.9 Å². The van der Waals surface area contributed by atoms with Crippen molar-refractivity contribution in [2.24, 2.45) is 17.3 Å². The lowest BCUT2D eigenvalue weighted by atomic mass is 9.95. The summed E-state index contributed by atoms with van der Waals surface area (Å²) >= 11 is 0. The molecule has 90 valence electrons. The summed E-state index contributed by atoms with van der Waals surface area (Å²) in [7, 11) is 0. The van der Waals surface area contributed by atoms with Gasteiger partial charge in [0, 0.05) is 23.7 Å². The van der Waals surface area contributed by atoms with Gasteiger partial charge in [0.2, 0.25) is 0 Å². The highest BCUT2D eigenvalue weighted by molar-refractivity contribution is 6.01. The number of allylic oxidation sites excluding steroid dienone is 2. The van der Waals surface area contributed by atoms with E-state index in [0.29, 0.717) is 29.1 Å². The van der Waals surface area contributed by atoms with E-state index in [-0.39, 0.29) is 0 Å². The van der Waals surface area contributed by atoms with Crippen molar-refractivity contribution in [3.05, 3.63) is 11.3 Å². The number of hydrogen-bond acceptors (Lipinski definition) is 2. The van der Waals surface area contributed by atoms with Crippen LogP contribution in [0.2, 0.25) is 0 Å². The molecule has 2 aliphatic rings. The lowest BCUT2D eigenvalue weighted by molar-refractivity contribution is -0.115. The van der Waals surface area contributed by atoms with E-state index in [1.807, 2.05) is 0 Å². The highest BCUT2D eigenvalue weighted by atomic mass is 16.1. The Kier molecular flexibility index (Phi) is 2.64. The largest absolute Gasteiger partial charge is 0.386 e. The lowest BCUT2D eigenvalue weighted by Crippen LogP contribution is -2.26.